The van der Waals surface area contributed by atoms with Crippen LogP contribution in [-0.4, -0.2) is 23.1 Å². The van der Waals surface area contributed by atoms with Gasteiger partial charge in [-0.1, -0.05) is 7.43 Å². The van der Waals surface area contributed by atoms with Crippen LogP contribution < -0.4 is 0 Å². The number of rotatable bonds is 2. The summed E-state index contributed by atoms with van der Waals surface area (Å²) in [6, 6.07) is 0. The quantitative estimate of drug-likeness (QED) is 0.605. The zero-order valence-corrected chi connectivity index (χ0v) is 7.63. The molecule has 4 nitrogen and oxygen atoms in total. The van der Waals surface area contributed by atoms with E-state index in [1.807, 2.05) is 0 Å². The van der Waals surface area contributed by atoms with E-state index in [1.165, 1.54) is 27.7 Å². The Morgan fingerprint density at radius 2 is 0.615 bits per heavy atom. The standard InChI is InChI=1S/2C4H6O2.CH4/c2*1-3(5)4(2)6;/h2*1-2H3;1H4. The highest BCUT2D eigenvalue weighted by Gasteiger charge is 1.94. The second-order valence-electron chi connectivity index (χ2n) is 2.22. The molecule has 0 amide bonds. The first-order valence-corrected chi connectivity index (χ1v) is 3.32. The van der Waals surface area contributed by atoms with Crippen molar-refractivity contribution in [2.24, 2.45) is 0 Å². The van der Waals surface area contributed by atoms with Crippen LogP contribution in [0.3, 0.4) is 0 Å². The van der Waals surface area contributed by atoms with E-state index in [0.717, 1.165) is 0 Å². The first-order chi connectivity index (χ1) is 5.29. The molecule has 0 aromatic rings. The highest BCUT2D eigenvalue weighted by Crippen LogP contribution is 1.67. The predicted molar refractivity (Wildman–Crippen MR) is 49.5 cm³/mol. The van der Waals surface area contributed by atoms with Crippen LogP contribution in [0.1, 0.15) is 35.1 Å². The molecule has 0 heterocycles. The topological polar surface area (TPSA) is 68.3 Å². The van der Waals surface area contributed by atoms with Crippen molar-refractivity contribution < 1.29 is 19.2 Å². The summed E-state index contributed by atoms with van der Waals surface area (Å²) in [6.07, 6.45) is 0. The van der Waals surface area contributed by atoms with Gasteiger partial charge in [-0.15, -0.1) is 0 Å². The van der Waals surface area contributed by atoms with E-state index in [4.69, 9.17) is 0 Å². The van der Waals surface area contributed by atoms with E-state index in [-0.39, 0.29) is 30.6 Å². The summed E-state index contributed by atoms with van der Waals surface area (Å²) in [5, 5.41) is 0. The molecule has 0 saturated carbocycles. The van der Waals surface area contributed by atoms with Crippen molar-refractivity contribution in [3.05, 3.63) is 0 Å². The minimum atomic E-state index is -0.380. The lowest BCUT2D eigenvalue weighted by Gasteiger charge is -1.73. The normalized spacial score (nSPS) is 7.08. The molecule has 13 heavy (non-hydrogen) atoms. The third kappa shape index (κ3) is 18.0. The van der Waals surface area contributed by atoms with Crippen LogP contribution in [0, 0.1) is 0 Å². The molecule has 0 bridgehead atoms. The molecule has 0 rings (SSSR count). The lowest BCUT2D eigenvalue weighted by molar-refractivity contribution is -0.134. The molecule has 0 aliphatic carbocycles. The Morgan fingerprint density at radius 1 is 0.538 bits per heavy atom. The summed E-state index contributed by atoms with van der Waals surface area (Å²) in [7, 11) is 0. The van der Waals surface area contributed by atoms with Gasteiger partial charge in [0.15, 0.2) is 23.1 Å². The monoisotopic (exact) mass is 188 g/mol. The Labute approximate surface area is 78.3 Å². The van der Waals surface area contributed by atoms with Crippen LogP contribution in [0.15, 0.2) is 0 Å². The summed E-state index contributed by atoms with van der Waals surface area (Å²) in [5.74, 6) is -1.52. The lowest BCUT2D eigenvalue weighted by Crippen LogP contribution is -2.01. The number of hydrogen-bond acceptors (Lipinski definition) is 4. The van der Waals surface area contributed by atoms with Gasteiger partial charge in [0.1, 0.15) is 0 Å². The van der Waals surface area contributed by atoms with Crippen molar-refractivity contribution in [1.82, 2.24) is 0 Å². The van der Waals surface area contributed by atoms with E-state index in [0.29, 0.717) is 0 Å². The second-order valence-corrected chi connectivity index (χ2v) is 2.22. The largest absolute Gasteiger partial charge is 0.291 e. The van der Waals surface area contributed by atoms with Gasteiger partial charge in [-0.2, -0.15) is 0 Å². The van der Waals surface area contributed by atoms with E-state index >= 15 is 0 Å². The van der Waals surface area contributed by atoms with Crippen molar-refractivity contribution >= 4 is 23.1 Å². The van der Waals surface area contributed by atoms with Crippen molar-refractivity contribution in [2.45, 2.75) is 35.1 Å². The molecule has 0 aromatic heterocycles. The zero-order valence-electron chi connectivity index (χ0n) is 7.63. The smallest absolute Gasteiger partial charge is 0.195 e. The van der Waals surface area contributed by atoms with Crippen LogP contribution in [0.5, 0.6) is 0 Å². The van der Waals surface area contributed by atoms with Gasteiger partial charge < -0.3 is 0 Å². The van der Waals surface area contributed by atoms with Crippen LogP contribution in [-0.2, 0) is 19.2 Å². The van der Waals surface area contributed by atoms with Crippen LogP contribution in [0.4, 0.5) is 0 Å². The average Bonchev–Trinajstić information content (AvgIpc) is 1.88. The van der Waals surface area contributed by atoms with Crippen LogP contribution >= 0.6 is 0 Å². The molecular formula is C9H16O4. The van der Waals surface area contributed by atoms with Gasteiger partial charge in [0.2, 0.25) is 0 Å². The third-order valence-corrected chi connectivity index (χ3v) is 0.992. The molecule has 0 saturated heterocycles. The number of carbonyl (C=O) groups excluding carboxylic acids is 4. The summed E-state index contributed by atoms with van der Waals surface area (Å²) in [4.78, 5) is 39.2. The Bertz CT molecular complexity index is 168. The maximum atomic E-state index is 9.79. The van der Waals surface area contributed by atoms with E-state index < -0.39 is 0 Å². The minimum absolute atomic E-state index is 0. The summed E-state index contributed by atoms with van der Waals surface area (Å²) in [6.45, 7) is 5.01. The highest BCUT2D eigenvalue weighted by molar-refractivity contribution is 6.35. The molecule has 76 valence electrons. The molecule has 4 heteroatoms. The summed E-state index contributed by atoms with van der Waals surface area (Å²) >= 11 is 0. The molecule has 0 aliphatic heterocycles. The third-order valence-electron chi connectivity index (χ3n) is 0.992. The van der Waals surface area contributed by atoms with Crippen molar-refractivity contribution in [1.29, 1.82) is 0 Å². The average molecular weight is 188 g/mol. The van der Waals surface area contributed by atoms with Gasteiger partial charge in [0, 0.05) is 27.7 Å². The fraction of sp³-hybridized carbons (Fsp3) is 0.556. The van der Waals surface area contributed by atoms with Gasteiger partial charge in [0.05, 0.1) is 0 Å². The molecule has 0 aliphatic rings. The molecule has 0 spiro atoms. The maximum Gasteiger partial charge on any atom is 0.195 e. The predicted octanol–water partition coefficient (Wildman–Crippen LogP) is 0.965. The first-order valence-electron chi connectivity index (χ1n) is 3.32. The Kier molecular flexibility index (Phi) is 11.9. The van der Waals surface area contributed by atoms with E-state index in [2.05, 4.69) is 0 Å². The number of ketones is 4. The molecule has 0 atom stereocenters. The van der Waals surface area contributed by atoms with Gasteiger partial charge in [-0.25, -0.2) is 0 Å². The number of carbonyl (C=O) groups is 4. The Hall–Kier alpha value is -1.32. The fourth-order valence-corrected chi connectivity index (χ4v) is 0. The van der Waals surface area contributed by atoms with E-state index in [9.17, 15) is 19.2 Å². The Morgan fingerprint density at radius 3 is 0.615 bits per heavy atom. The van der Waals surface area contributed by atoms with Gasteiger partial charge in [-0.3, -0.25) is 19.2 Å². The maximum absolute atomic E-state index is 9.79. The second kappa shape index (κ2) is 8.77. The lowest BCUT2D eigenvalue weighted by atomic mass is 10.3. The fourth-order valence-electron chi connectivity index (χ4n) is 0. The Balaban J connectivity index is -0.000000143. The van der Waals surface area contributed by atoms with Crippen LogP contribution in [0.25, 0.3) is 0 Å². The van der Waals surface area contributed by atoms with Gasteiger partial charge in [-0.05, 0) is 0 Å². The first kappa shape index (κ1) is 17.7. The highest BCUT2D eigenvalue weighted by atomic mass is 16.2. The van der Waals surface area contributed by atoms with Crippen molar-refractivity contribution in [2.75, 3.05) is 0 Å². The van der Waals surface area contributed by atoms with Crippen molar-refractivity contribution in [3.8, 4) is 0 Å². The molecule has 0 fully saturated rings. The van der Waals surface area contributed by atoms with Gasteiger partial charge in [0.25, 0.3) is 0 Å². The number of hydrogen-bond donors (Lipinski definition) is 0. The summed E-state index contributed by atoms with van der Waals surface area (Å²) < 4.78 is 0. The molecule has 0 unspecified atom stereocenters. The van der Waals surface area contributed by atoms with Crippen LogP contribution in [0.2, 0.25) is 0 Å². The minimum Gasteiger partial charge on any atom is -0.291 e. The van der Waals surface area contributed by atoms with E-state index in [1.54, 1.807) is 0 Å². The van der Waals surface area contributed by atoms with Crippen molar-refractivity contribution in [3.63, 3.8) is 0 Å². The SMILES string of the molecule is C.CC(=O)C(C)=O.CC(=O)C(C)=O. The summed E-state index contributed by atoms with van der Waals surface area (Å²) in [5.41, 5.74) is 0. The zero-order chi connectivity index (χ0) is 10.3. The molecule has 0 aromatic carbocycles. The molecule has 0 radical (unpaired) electrons. The van der Waals surface area contributed by atoms with Gasteiger partial charge >= 0.3 is 0 Å². The number of Topliss-reactive ketones (excluding diaryl/α,β-unsaturated/α-hetero) is 4. The molecule has 0 N–H and O–H groups in total. The molecular weight excluding hydrogens is 172 g/mol.